The zero-order valence-corrected chi connectivity index (χ0v) is 8.28. The third kappa shape index (κ3) is 2.85. The molecule has 0 aromatic carbocycles. The summed E-state index contributed by atoms with van der Waals surface area (Å²) in [5.41, 5.74) is -0.0500. The molecule has 1 rings (SSSR count). The summed E-state index contributed by atoms with van der Waals surface area (Å²) < 4.78 is 4.83. The predicted molar refractivity (Wildman–Crippen MR) is 50.1 cm³/mol. The highest BCUT2D eigenvalue weighted by molar-refractivity contribution is 5.85. The number of aromatic carboxylic acids is 1. The first kappa shape index (κ1) is 10.7. The Labute approximate surface area is 82.1 Å². The van der Waals surface area contributed by atoms with Gasteiger partial charge in [-0.25, -0.2) is 4.79 Å². The maximum Gasteiger partial charge on any atom is 0.358 e. The van der Waals surface area contributed by atoms with E-state index in [2.05, 4.69) is 24.3 Å². The van der Waals surface area contributed by atoms with E-state index < -0.39 is 5.97 Å². The lowest BCUT2D eigenvalue weighted by Gasteiger charge is -2.08. The number of hydrogen-bond donors (Lipinski definition) is 2. The molecule has 0 saturated heterocycles. The number of nitrogens with zero attached hydrogens (tertiary/aromatic N) is 1. The molecule has 0 aliphatic heterocycles. The summed E-state index contributed by atoms with van der Waals surface area (Å²) >= 11 is 0. The van der Waals surface area contributed by atoms with Gasteiger partial charge in [-0.2, -0.15) is 0 Å². The summed E-state index contributed by atoms with van der Waals surface area (Å²) in [4.78, 5) is 10.5. The predicted octanol–water partition coefficient (Wildman–Crippen LogP) is 1.26. The Morgan fingerprint density at radius 1 is 1.79 bits per heavy atom. The topological polar surface area (TPSA) is 75.4 Å². The third-order valence-electron chi connectivity index (χ3n) is 2.02. The van der Waals surface area contributed by atoms with E-state index in [1.165, 1.54) is 6.07 Å². The molecule has 0 fully saturated rings. The van der Waals surface area contributed by atoms with Crippen LogP contribution in [0.1, 0.15) is 36.5 Å². The van der Waals surface area contributed by atoms with E-state index in [-0.39, 0.29) is 5.69 Å². The van der Waals surface area contributed by atoms with Gasteiger partial charge in [0.15, 0.2) is 11.5 Å². The molecule has 1 unspecified atom stereocenters. The van der Waals surface area contributed by atoms with Crippen molar-refractivity contribution in [2.24, 2.45) is 0 Å². The average molecular weight is 198 g/mol. The molecule has 1 aromatic rings. The average Bonchev–Trinajstić information content (AvgIpc) is 2.62. The molecule has 0 spiro atoms. The third-order valence-corrected chi connectivity index (χ3v) is 2.02. The number of carboxylic acids is 1. The standard InChI is InChI=1S/C9H14N2O3/c1-3-6(2)10-5-7-4-8(9(12)13)11-14-7/h4,6,10H,3,5H2,1-2H3,(H,12,13). The fourth-order valence-electron chi connectivity index (χ4n) is 0.916. The fourth-order valence-corrected chi connectivity index (χ4v) is 0.916. The molecular formula is C9H14N2O3. The number of rotatable bonds is 5. The lowest BCUT2D eigenvalue weighted by atomic mass is 10.2. The molecule has 0 aliphatic rings. The Balaban J connectivity index is 2.48. The maximum atomic E-state index is 10.5. The Morgan fingerprint density at radius 3 is 3.00 bits per heavy atom. The minimum absolute atomic E-state index is 0.0500. The second-order valence-corrected chi connectivity index (χ2v) is 3.17. The van der Waals surface area contributed by atoms with Crippen LogP contribution in [-0.2, 0) is 6.54 Å². The molecule has 0 aliphatic carbocycles. The molecule has 5 heteroatoms. The van der Waals surface area contributed by atoms with Crippen LogP contribution in [0.4, 0.5) is 0 Å². The number of carboxylic acid groups (broad SMARTS) is 1. The van der Waals surface area contributed by atoms with Crippen molar-refractivity contribution in [1.82, 2.24) is 10.5 Å². The van der Waals surface area contributed by atoms with E-state index in [0.717, 1.165) is 6.42 Å². The Bertz CT molecular complexity index is 309. The van der Waals surface area contributed by atoms with Crippen molar-refractivity contribution in [1.29, 1.82) is 0 Å². The molecule has 0 bridgehead atoms. The van der Waals surface area contributed by atoms with E-state index in [9.17, 15) is 4.79 Å². The second kappa shape index (κ2) is 4.76. The molecule has 0 amide bonds. The molecule has 1 heterocycles. The van der Waals surface area contributed by atoms with Gasteiger partial charge in [-0.05, 0) is 13.3 Å². The molecular weight excluding hydrogens is 184 g/mol. The summed E-state index contributed by atoms with van der Waals surface area (Å²) in [7, 11) is 0. The molecule has 1 aromatic heterocycles. The van der Waals surface area contributed by atoms with Gasteiger partial charge in [-0.15, -0.1) is 0 Å². The molecule has 0 saturated carbocycles. The number of carbonyl (C=O) groups is 1. The minimum Gasteiger partial charge on any atom is -0.476 e. The Kier molecular flexibility index (Phi) is 3.64. The normalized spacial score (nSPS) is 12.7. The Hall–Kier alpha value is -1.36. The molecule has 2 N–H and O–H groups in total. The SMILES string of the molecule is CCC(C)NCc1cc(C(=O)O)no1. The van der Waals surface area contributed by atoms with Crippen molar-refractivity contribution in [3.05, 3.63) is 17.5 Å². The highest BCUT2D eigenvalue weighted by Crippen LogP contribution is 2.03. The number of hydrogen-bond acceptors (Lipinski definition) is 4. The van der Waals surface area contributed by atoms with Gasteiger partial charge in [0.05, 0.1) is 6.54 Å². The monoisotopic (exact) mass is 198 g/mol. The van der Waals surface area contributed by atoms with Crippen molar-refractivity contribution in [3.63, 3.8) is 0 Å². The van der Waals surface area contributed by atoms with Crippen LogP contribution in [0, 0.1) is 0 Å². The zero-order chi connectivity index (χ0) is 10.6. The lowest BCUT2D eigenvalue weighted by molar-refractivity contribution is 0.0685. The summed E-state index contributed by atoms with van der Waals surface area (Å²) in [6, 6.07) is 1.81. The van der Waals surface area contributed by atoms with Gasteiger partial charge in [0.1, 0.15) is 0 Å². The maximum absolute atomic E-state index is 10.5. The molecule has 1 atom stereocenters. The van der Waals surface area contributed by atoms with Gasteiger partial charge in [0, 0.05) is 12.1 Å². The van der Waals surface area contributed by atoms with E-state index in [1.54, 1.807) is 0 Å². The summed E-state index contributed by atoms with van der Waals surface area (Å²) in [5.74, 6) is -0.522. The van der Waals surface area contributed by atoms with Crippen molar-refractivity contribution in [2.45, 2.75) is 32.9 Å². The highest BCUT2D eigenvalue weighted by atomic mass is 16.5. The van der Waals surface area contributed by atoms with Gasteiger partial charge in [0.2, 0.25) is 0 Å². The van der Waals surface area contributed by atoms with E-state index in [0.29, 0.717) is 18.3 Å². The van der Waals surface area contributed by atoms with Crippen LogP contribution in [0.2, 0.25) is 0 Å². The quantitative estimate of drug-likeness (QED) is 0.745. The lowest BCUT2D eigenvalue weighted by Crippen LogP contribution is -2.24. The first-order valence-electron chi connectivity index (χ1n) is 4.55. The Morgan fingerprint density at radius 2 is 2.50 bits per heavy atom. The zero-order valence-electron chi connectivity index (χ0n) is 8.28. The summed E-state index contributed by atoms with van der Waals surface area (Å²) in [5, 5.41) is 15.2. The first-order valence-corrected chi connectivity index (χ1v) is 4.55. The van der Waals surface area contributed by atoms with E-state index >= 15 is 0 Å². The largest absolute Gasteiger partial charge is 0.476 e. The van der Waals surface area contributed by atoms with Crippen LogP contribution in [0.25, 0.3) is 0 Å². The highest BCUT2D eigenvalue weighted by Gasteiger charge is 2.10. The smallest absolute Gasteiger partial charge is 0.358 e. The minimum atomic E-state index is -1.07. The number of aromatic nitrogens is 1. The van der Waals surface area contributed by atoms with Crippen LogP contribution in [0.15, 0.2) is 10.6 Å². The van der Waals surface area contributed by atoms with Crippen molar-refractivity contribution >= 4 is 5.97 Å². The molecule has 78 valence electrons. The van der Waals surface area contributed by atoms with Crippen LogP contribution in [-0.4, -0.2) is 22.3 Å². The molecule has 5 nitrogen and oxygen atoms in total. The van der Waals surface area contributed by atoms with Gasteiger partial charge in [-0.3, -0.25) is 0 Å². The molecule has 14 heavy (non-hydrogen) atoms. The second-order valence-electron chi connectivity index (χ2n) is 3.17. The van der Waals surface area contributed by atoms with Crippen LogP contribution < -0.4 is 5.32 Å². The molecule has 0 radical (unpaired) electrons. The first-order chi connectivity index (χ1) is 6.63. The van der Waals surface area contributed by atoms with Crippen LogP contribution in [0.3, 0.4) is 0 Å². The van der Waals surface area contributed by atoms with Crippen molar-refractivity contribution in [2.75, 3.05) is 0 Å². The van der Waals surface area contributed by atoms with E-state index in [1.807, 2.05) is 0 Å². The van der Waals surface area contributed by atoms with Gasteiger partial charge in [-0.1, -0.05) is 12.1 Å². The van der Waals surface area contributed by atoms with Crippen LogP contribution in [0.5, 0.6) is 0 Å². The van der Waals surface area contributed by atoms with Crippen LogP contribution >= 0.6 is 0 Å². The van der Waals surface area contributed by atoms with E-state index in [4.69, 9.17) is 9.63 Å². The van der Waals surface area contributed by atoms with Gasteiger partial charge >= 0.3 is 5.97 Å². The van der Waals surface area contributed by atoms with Crippen molar-refractivity contribution < 1.29 is 14.4 Å². The van der Waals surface area contributed by atoms with Crippen molar-refractivity contribution in [3.8, 4) is 0 Å². The summed E-state index contributed by atoms with van der Waals surface area (Å²) in [6.07, 6.45) is 1.01. The van der Waals surface area contributed by atoms with Gasteiger partial charge < -0.3 is 14.9 Å². The fraction of sp³-hybridized carbons (Fsp3) is 0.556. The summed E-state index contributed by atoms with van der Waals surface area (Å²) in [6.45, 7) is 4.63. The number of nitrogens with one attached hydrogen (secondary N) is 1. The van der Waals surface area contributed by atoms with Gasteiger partial charge in [0.25, 0.3) is 0 Å².